The van der Waals surface area contributed by atoms with Gasteiger partial charge in [0.2, 0.25) is 17.7 Å². The second kappa shape index (κ2) is 13.7. The van der Waals surface area contributed by atoms with Crippen molar-refractivity contribution in [2.45, 2.75) is 64.3 Å². The zero-order valence-electron chi connectivity index (χ0n) is 23.9. The lowest BCUT2D eigenvalue weighted by Gasteiger charge is -2.35. The first-order valence-electron chi connectivity index (χ1n) is 13.6. The summed E-state index contributed by atoms with van der Waals surface area (Å²) in [5.41, 5.74) is 1.35. The fourth-order valence-electron chi connectivity index (χ4n) is 4.76. The van der Waals surface area contributed by atoms with Crippen LogP contribution in [0.25, 0.3) is 0 Å². The molecule has 0 aliphatic heterocycles. The van der Waals surface area contributed by atoms with Crippen LogP contribution >= 0.6 is 0 Å². The van der Waals surface area contributed by atoms with E-state index in [1.54, 1.807) is 6.07 Å². The number of carbonyl (C=O) groups is 3. The zero-order chi connectivity index (χ0) is 29.4. The predicted octanol–water partition coefficient (Wildman–Crippen LogP) is 1.95. The van der Waals surface area contributed by atoms with E-state index in [4.69, 9.17) is 4.74 Å². The van der Waals surface area contributed by atoms with Crippen LogP contribution in [-0.4, -0.2) is 79.2 Å². The summed E-state index contributed by atoms with van der Waals surface area (Å²) in [5, 5.41) is 19.1. The average Bonchev–Trinajstić information content (AvgIpc) is 3.67. The van der Waals surface area contributed by atoms with Gasteiger partial charge in [-0.3, -0.25) is 14.4 Å². The van der Waals surface area contributed by atoms with Crippen molar-refractivity contribution in [2.75, 3.05) is 27.2 Å². The number of halogens is 1. The standard InChI is InChI=1S/C30H41FN4O5/c1-19-11-12-22(31)18-24(19)40-16-15-33-26(30(3)13-14-30)29(39)35(5)25(20(2)36)28(38)34-23(27(37)32-4)17-21-9-7-6-8-10-21/h6-12,18,20,23,25-26,33,36H,13-17H2,1-5H3,(H,32,37)(H,34,38)/t20?,23-,25+,26-/m1/s1. The molecule has 0 spiro atoms. The number of aryl methyl sites for hydroxylation is 1. The zero-order valence-corrected chi connectivity index (χ0v) is 23.9. The summed E-state index contributed by atoms with van der Waals surface area (Å²) < 4.78 is 19.3. The molecule has 0 radical (unpaired) electrons. The Bertz CT molecular complexity index is 1170. The summed E-state index contributed by atoms with van der Waals surface area (Å²) in [6.07, 6.45) is 0.719. The van der Waals surface area contributed by atoms with Gasteiger partial charge in [-0.25, -0.2) is 4.39 Å². The fraction of sp³-hybridized carbons (Fsp3) is 0.500. The first-order chi connectivity index (χ1) is 19.0. The third kappa shape index (κ3) is 8.02. The molecule has 4 N–H and O–H groups in total. The van der Waals surface area contributed by atoms with Crippen molar-refractivity contribution in [3.63, 3.8) is 0 Å². The van der Waals surface area contributed by atoms with Crippen LogP contribution < -0.4 is 20.7 Å². The molecule has 1 unspecified atom stereocenters. The number of amides is 3. The number of likely N-dealkylation sites (N-methyl/N-ethyl adjacent to an activating group) is 2. The van der Waals surface area contributed by atoms with Gasteiger partial charge in [-0.05, 0) is 49.3 Å². The lowest BCUT2D eigenvalue weighted by molar-refractivity contribution is -0.146. The van der Waals surface area contributed by atoms with Gasteiger partial charge in [-0.15, -0.1) is 0 Å². The first-order valence-corrected chi connectivity index (χ1v) is 13.6. The third-order valence-corrected chi connectivity index (χ3v) is 7.49. The van der Waals surface area contributed by atoms with Crippen LogP contribution in [0.3, 0.4) is 0 Å². The van der Waals surface area contributed by atoms with E-state index < -0.39 is 36.0 Å². The molecule has 0 aromatic heterocycles. The molecule has 9 nitrogen and oxygen atoms in total. The van der Waals surface area contributed by atoms with Crippen molar-refractivity contribution in [3.8, 4) is 5.75 Å². The van der Waals surface area contributed by atoms with E-state index in [0.717, 1.165) is 24.0 Å². The fourth-order valence-corrected chi connectivity index (χ4v) is 4.76. The minimum Gasteiger partial charge on any atom is -0.492 e. The molecule has 4 atom stereocenters. The number of nitrogens with zero attached hydrogens (tertiary/aromatic N) is 1. The van der Waals surface area contributed by atoms with Gasteiger partial charge in [0, 0.05) is 33.1 Å². The molecule has 3 rings (SSSR count). The Morgan fingerprint density at radius 2 is 1.80 bits per heavy atom. The molecule has 0 heterocycles. The second-order valence-corrected chi connectivity index (χ2v) is 10.8. The summed E-state index contributed by atoms with van der Waals surface area (Å²) in [5.74, 6) is -1.30. The van der Waals surface area contributed by atoms with E-state index >= 15 is 0 Å². The molecule has 0 saturated heterocycles. The maximum absolute atomic E-state index is 13.7. The lowest BCUT2D eigenvalue weighted by Crippen LogP contribution is -2.61. The Hall–Kier alpha value is -3.50. The van der Waals surface area contributed by atoms with Crippen LogP contribution in [0.15, 0.2) is 48.5 Å². The number of ether oxygens (including phenoxy) is 1. The Labute approximate surface area is 235 Å². The van der Waals surface area contributed by atoms with Crippen LogP contribution in [0.2, 0.25) is 0 Å². The first kappa shape index (κ1) is 31.0. The normalized spacial score (nSPS) is 16.7. The van der Waals surface area contributed by atoms with Gasteiger partial charge in [0.15, 0.2) is 0 Å². The minimum atomic E-state index is -1.21. The van der Waals surface area contributed by atoms with Crippen molar-refractivity contribution in [3.05, 3.63) is 65.5 Å². The molecule has 1 fully saturated rings. The van der Waals surface area contributed by atoms with Gasteiger partial charge in [-0.2, -0.15) is 0 Å². The van der Waals surface area contributed by atoms with E-state index in [1.807, 2.05) is 44.2 Å². The monoisotopic (exact) mass is 556 g/mol. The Balaban J connectivity index is 1.68. The summed E-state index contributed by atoms with van der Waals surface area (Å²) in [6.45, 7) is 5.78. The summed E-state index contributed by atoms with van der Waals surface area (Å²) in [6, 6.07) is 10.9. The molecule has 1 aliphatic carbocycles. The van der Waals surface area contributed by atoms with Gasteiger partial charge < -0.3 is 30.7 Å². The molecule has 1 saturated carbocycles. The Morgan fingerprint density at radius 1 is 1.12 bits per heavy atom. The number of hydrogen-bond donors (Lipinski definition) is 4. The van der Waals surface area contributed by atoms with Crippen LogP contribution in [-0.2, 0) is 20.8 Å². The highest BCUT2D eigenvalue weighted by molar-refractivity contribution is 5.93. The Kier molecular flexibility index (Phi) is 10.6. The van der Waals surface area contributed by atoms with Gasteiger partial charge in [0.25, 0.3) is 0 Å². The predicted molar refractivity (Wildman–Crippen MR) is 150 cm³/mol. The van der Waals surface area contributed by atoms with E-state index in [1.165, 1.54) is 38.1 Å². The molecule has 0 bridgehead atoms. The number of hydrogen-bond acceptors (Lipinski definition) is 6. The highest BCUT2D eigenvalue weighted by Gasteiger charge is 2.50. The number of carbonyl (C=O) groups excluding carboxylic acids is 3. The lowest BCUT2D eigenvalue weighted by atomic mass is 9.96. The topological polar surface area (TPSA) is 120 Å². The number of aliphatic hydroxyl groups excluding tert-OH is 1. The van der Waals surface area contributed by atoms with Gasteiger partial charge in [-0.1, -0.05) is 43.3 Å². The highest BCUT2D eigenvalue weighted by atomic mass is 19.1. The number of aliphatic hydroxyl groups is 1. The smallest absolute Gasteiger partial charge is 0.246 e. The van der Waals surface area contributed by atoms with Gasteiger partial charge in [0.1, 0.15) is 30.3 Å². The second-order valence-electron chi connectivity index (χ2n) is 10.8. The molecule has 218 valence electrons. The van der Waals surface area contributed by atoms with E-state index in [9.17, 15) is 23.9 Å². The summed E-state index contributed by atoms with van der Waals surface area (Å²) >= 11 is 0. The van der Waals surface area contributed by atoms with Crippen molar-refractivity contribution in [2.24, 2.45) is 5.41 Å². The largest absolute Gasteiger partial charge is 0.492 e. The van der Waals surface area contributed by atoms with Gasteiger partial charge in [0.05, 0.1) is 12.1 Å². The molecular formula is C30H41FN4O5. The molecule has 10 heteroatoms. The van der Waals surface area contributed by atoms with Crippen molar-refractivity contribution in [1.82, 2.24) is 20.9 Å². The third-order valence-electron chi connectivity index (χ3n) is 7.49. The quantitative estimate of drug-likeness (QED) is 0.264. The van der Waals surface area contributed by atoms with Crippen molar-refractivity contribution >= 4 is 17.7 Å². The molecule has 2 aromatic carbocycles. The number of benzene rings is 2. The van der Waals surface area contributed by atoms with Crippen LogP contribution in [0.5, 0.6) is 5.75 Å². The summed E-state index contributed by atoms with van der Waals surface area (Å²) in [4.78, 5) is 40.9. The van der Waals surface area contributed by atoms with E-state index in [0.29, 0.717) is 12.3 Å². The van der Waals surface area contributed by atoms with Crippen molar-refractivity contribution in [1.29, 1.82) is 0 Å². The average molecular weight is 557 g/mol. The SMILES string of the molecule is CNC(=O)[C@@H](Cc1ccccc1)NC(=O)[C@H](C(C)O)N(C)C(=O)[C@@H](NCCOc1cc(F)ccc1C)C1(C)CC1. The number of rotatable bonds is 14. The molecule has 2 aromatic rings. The Morgan fingerprint density at radius 3 is 2.40 bits per heavy atom. The molecule has 1 aliphatic rings. The summed E-state index contributed by atoms with van der Waals surface area (Å²) in [7, 11) is 2.97. The molecule has 3 amide bonds. The number of nitrogens with one attached hydrogen (secondary N) is 3. The van der Waals surface area contributed by atoms with E-state index in [2.05, 4.69) is 16.0 Å². The molecule has 40 heavy (non-hydrogen) atoms. The van der Waals surface area contributed by atoms with Gasteiger partial charge >= 0.3 is 0 Å². The van der Waals surface area contributed by atoms with Crippen LogP contribution in [0, 0.1) is 18.2 Å². The maximum atomic E-state index is 13.7. The highest BCUT2D eigenvalue weighted by Crippen LogP contribution is 2.48. The van der Waals surface area contributed by atoms with Crippen LogP contribution in [0.1, 0.15) is 37.8 Å². The van der Waals surface area contributed by atoms with Crippen molar-refractivity contribution < 1.29 is 28.6 Å². The van der Waals surface area contributed by atoms with E-state index in [-0.39, 0.29) is 30.3 Å². The maximum Gasteiger partial charge on any atom is 0.246 e. The van der Waals surface area contributed by atoms with Crippen LogP contribution in [0.4, 0.5) is 4.39 Å². The molecular weight excluding hydrogens is 515 g/mol. The minimum absolute atomic E-state index is 0.210.